The van der Waals surface area contributed by atoms with E-state index in [0.29, 0.717) is 32.0 Å². The number of nitrogens with zero attached hydrogens (tertiary/aromatic N) is 7. The highest BCUT2D eigenvalue weighted by Crippen LogP contribution is 2.22. The number of hydrogen-bond acceptors (Lipinski definition) is 7. The first-order chi connectivity index (χ1) is 13.0. The predicted octanol–water partition coefficient (Wildman–Crippen LogP) is 1.30. The molecule has 0 unspecified atom stereocenters. The summed E-state index contributed by atoms with van der Waals surface area (Å²) < 4.78 is 1.67. The summed E-state index contributed by atoms with van der Waals surface area (Å²) in [5.41, 5.74) is 0.789. The van der Waals surface area contributed by atoms with Crippen LogP contribution in [0.3, 0.4) is 0 Å². The van der Waals surface area contributed by atoms with E-state index in [1.54, 1.807) is 21.5 Å². The molecule has 2 aromatic heterocycles. The maximum absolute atomic E-state index is 12.8. The number of fused-ring (bicyclic) bond motifs is 1. The molecule has 0 radical (unpaired) electrons. The van der Waals surface area contributed by atoms with E-state index in [9.17, 15) is 14.9 Å². The summed E-state index contributed by atoms with van der Waals surface area (Å²) in [6.45, 7) is 3.99. The van der Waals surface area contributed by atoms with Crippen LogP contribution in [0.5, 0.6) is 0 Å². The fraction of sp³-hybridized carbons (Fsp3) is 0.294. The first-order valence-corrected chi connectivity index (χ1v) is 8.49. The van der Waals surface area contributed by atoms with Gasteiger partial charge in [-0.1, -0.05) is 12.1 Å². The molecule has 10 nitrogen and oxygen atoms in total. The molecule has 3 heterocycles. The number of nitro benzene ring substituents is 1. The average Bonchev–Trinajstić information content (AvgIpc) is 3.15. The van der Waals surface area contributed by atoms with E-state index in [1.807, 2.05) is 13.0 Å². The lowest BCUT2D eigenvalue weighted by Gasteiger charge is -2.35. The number of aromatic nitrogens is 4. The van der Waals surface area contributed by atoms with E-state index >= 15 is 0 Å². The molecule has 1 aromatic carbocycles. The zero-order chi connectivity index (χ0) is 19.0. The molecule has 0 spiro atoms. The van der Waals surface area contributed by atoms with Crippen molar-refractivity contribution in [2.24, 2.45) is 0 Å². The number of carbonyl (C=O) groups excluding carboxylic acids is 1. The fourth-order valence-electron chi connectivity index (χ4n) is 3.26. The van der Waals surface area contributed by atoms with Gasteiger partial charge in [-0.3, -0.25) is 14.9 Å². The summed E-state index contributed by atoms with van der Waals surface area (Å²) in [6.07, 6.45) is 1.46. The molecule has 138 valence electrons. The summed E-state index contributed by atoms with van der Waals surface area (Å²) in [5, 5.41) is 15.4. The summed E-state index contributed by atoms with van der Waals surface area (Å²) >= 11 is 0. The molecule has 3 aromatic rings. The number of amides is 1. The van der Waals surface area contributed by atoms with E-state index in [1.165, 1.54) is 18.5 Å². The summed E-state index contributed by atoms with van der Waals surface area (Å²) in [5.74, 6) is 1.08. The standard InChI is InChI=1S/C17H17N7O3/c1-12-10-15(23-17(20-12)18-11-19-23)21-6-8-22(9-7-21)16(25)13-4-2-3-5-14(13)24(26)27/h2-5,10-11H,6-9H2,1H3. The molecule has 0 N–H and O–H groups in total. The minimum atomic E-state index is -0.523. The quantitative estimate of drug-likeness (QED) is 0.507. The van der Waals surface area contributed by atoms with Gasteiger partial charge >= 0.3 is 0 Å². The van der Waals surface area contributed by atoms with E-state index in [4.69, 9.17) is 0 Å². The van der Waals surface area contributed by atoms with Crippen LogP contribution < -0.4 is 4.90 Å². The Hall–Kier alpha value is -3.56. The van der Waals surface area contributed by atoms with Crippen molar-refractivity contribution in [3.63, 3.8) is 0 Å². The molecular weight excluding hydrogens is 350 g/mol. The van der Waals surface area contributed by atoms with Crippen molar-refractivity contribution in [3.8, 4) is 0 Å². The SMILES string of the molecule is Cc1cc(N2CCN(C(=O)c3ccccc3[N+](=O)[O-])CC2)n2ncnc2n1. The van der Waals surface area contributed by atoms with Gasteiger partial charge < -0.3 is 9.80 Å². The third kappa shape index (κ3) is 3.05. The van der Waals surface area contributed by atoms with Gasteiger partial charge in [0.25, 0.3) is 17.4 Å². The molecule has 1 fully saturated rings. The van der Waals surface area contributed by atoms with Crippen LogP contribution in [0.15, 0.2) is 36.7 Å². The van der Waals surface area contributed by atoms with Crippen LogP contribution in [0.2, 0.25) is 0 Å². The van der Waals surface area contributed by atoms with Gasteiger partial charge in [-0.2, -0.15) is 14.6 Å². The number of anilines is 1. The van der Waals surface area contributed by atoms with Crippen molar-refractivity contribution >= 4 is 23.2 Å². The highest BCUT2D eigenvalue weighted by Gasteiger charge is 2.28. The Kier molecular flexibility index (Phi) is 4.15. The lowest BCUT2D eigenvalue weighted by atomic mass is 10.1. The second-order valence-electron chi connectivity index (χ2n) is 6.28. The predicted molar refractivity (Wildman–Crippen MR) is 96.7 cm³/mol. The molecule has 0 bridgehead atoms. The van der Waals surface area contributed by atoms with Crippen molar-refractivity contribution in [2.45, 2.75) is 6.92 Å². The Morgan fingerprint density at radius 2 is 1.93 bits per heavy atom. The molecule has 0 aliphatic carbocycles. The van der Waals surface area contributed by atoms with Crippen molar-refractivity contribution in [3.05, 3.63) is 58.0 Å². The van der Waals surface area contributed by atoms with Gasteiger partial charge in [0.2, 0.25) is 0 Å². The number of nitro groups is 1. The second kappa shape index (κ2) is 6.63. The molecule has 4 rings (SSSR count). The van der Waals surface area contributed by atoms with Crippen LogP contribution in [0.25, 0.3) is 5.78 Å². The van der Waals surface area contributed by atoms with Crippen LogP contribution in [-0.2, 0) is 0 Å². The van der Waals surface area contributed by atoms with E-state index in [-0.39, 0.29) is 17.2 Å². The molecule has 1 amide bonds. The molecule has 0 saturated carbocycles. The van der Waals surface area contributed by atoms with Gasteiger partial charge in [-0.15, -0.1) is 0 Å². The van der Waals surface area contributed by atoms with Crippen LogP contribution in [0.1, 0.15) is 16.1 Å². The zero-order valence-electron chi connectivity index (χ0n) is 14.6. The highest BCUT2D eigenvalue weighted by atomic mass is 16.6. The third-order valence-electron chi connectivity index (χ3n) is 4.58. The van der Waals surface area contributed by atoms with Crippen LogP contribution in [0, 0.1) is 17.0 Å². The number of benzene rings is 1. The Bertz CT molecular complexity index is 1020. The average molecular weight is 367 g/mol. The number of piperazine rings is 1. The second-order valence-corrected chi connectivity index (χ2v) is 6.28. The first kappa shape index (κ1) is 16.9. The highest BCUT2D eigenvalue weighted by molar-refractivity contribution is 5.98. The first-order valence-electron chi connectivity index (χ1n) is 8.49. The summed E-state index contributed by atoms with van der Waals surface area (Å²) in [4.78, 5) is 35.6. The molecule has 27 heavy (non-hydrogen) atoms. The van der Waals surface area contributed by atoms with Gasteiger partial charge in [-0.05, 0) is 13.0 Å². The number of para-hydroxylation sites is 1. The molecule has 10 heteroatoms. The van der Waals surface area contributed by atoms with Gasteiger partial charge in [0, 0.05) is 44.0 Å². The smallest absolute Gasteiger partial charge is 0.282 e. The lowest BCUT2D eigenvalue weighted by molar-refractivity contribution is -0.385. The summed E-state index contributed by atoms with van der Waals surface area (Å²) in [6, 6.07) is 7.98. The third-order valence-corrected chi connectivity index (χ3v) is 4.58. The number of hydrogen-bond donors (Lipinski definition) is 0. The summed E-state index contributed by atoms with van der Waals surface area (Å²) in [7, 11) is 0. The van der Waals surface area contributed by atoms with Gasteiger partial charge in [-0.25, -0.2) is 4.98 Å². The number of rotatable bonds is 3. The van der Waals surface area contributed by atoms with Gasteiger partial charge in [0.1, 0.15) is 17.7 Å². The van der Waals surface area contributed by atoms with Crippen molar-refractivity contribution in [2.75, 3.05) is 31.1 Å². The van der Waals surface area contributed by atoms with Crippen molar-refractivity contribution < 1.29 is 9.72 Å². The van der Waals surface area contributed by atoms with Crippen LogP contribution in [-0.4, -0.2) is 61.5 Å². The minimum absolute atomic E-state index is 0.120. The Labute approximate surface area is 154 Å². The van der Waals surface area contributed by atoms with Gasteiger partial charge in [0.05, 0.1) is 4.92 Å². The van der Waals surface area contributed by atoms with Gasteiger partial charge in [0.15, 0.2) is 0 Å². The van der Waals surface area contributed by atoms with Crippen molar-refractivity contribution in [1.29, 1.82) is 0 Å². The lowest BCUT2D eigenvalue weighted by Crippen LogP contribution is -2.49. The molecule has 1 aliphatic rings. The monoisotopic (exact) mass is 367 g/mol. The topological polar surface area (TPSA) is 110 Å². The number of aryl methyl sites for hydroxylation is 1. The van der Waals surface area contributed by atoms with Crippen LogP contribution in [0.4, 0.5) is 11.5 Å². The Morgan fingerprint density at radius 3 is 2.67 bits per heavy atom. The van der Waals surface area contributed by atoms with E-state index in [2.05, 4.69) is 20.0 Å². The molecular formula is C17H17N7O3. The van der Waals surface area contributed by atoms with Crippen LogP contribution >= 0.6 is 0 Å². The maximum atomic E-state index is 12.8. The molecule has 1 aliphatic heterocycles. The normalized spacial score (nSPS) is 14.6. The van der Waals surface area contributed by atoms with E-state index < -0.39 is 4.92 Å². The van der Waals surface area contributed by atoms with Crippen molar-refractivity contribution in [1.82, 2.24) is 24.5 Å². The minimum Gasteiger partial charge on any atom is -0.353 e. The molecule has 0 atom stereocenters. The molecule has 1 saturated heterocycles. The fourth-order valence-corrected chi connectivity index (χ4v) is 3.26. The Morgan fingerprint density at radius 1 is 1.19 bits per heavy atom. The number of carbonyl (C=O) groups is 1. The Balaban J connectivity index is 1.53. The zero-order valence-corrected chi connectivity index (χ0v) is 14.6. The maximum Gasteiger partial charge on any atom is 0.282 e. The largest absolute Gasteiger partial charge is 0.353 e. The van der Waals surface area contributed by atoms with E-state index in [0.717, 1.165) is 11.5 Å².